The molecule has 8 heteroatoms. The normalized spacial score (nSPS) is 11.8. The number of carbonyl (C=O) groups is 2. The van der Waals surface area contributed by atoms with Crippen LogP contribution in [0.25, 0.3) is 11.0 Å². The van der Waals surface area contributed by atoms with Crippen LogP contribution in [0.5, 0.6) is 0 Å². The van der Waals surface area contributed by atoms with Crippen LogP contribution >= 0.6 is 11.8 Å². The van der Waals surface area contributed by atoms with Crippen LogP contribution < -0.4 is 5.32 Å². The molecule has 5 rings (SSSR count). The van der Waals surface area contributed by atoms with E-state index in [1.165, 1.54) is 11.8 Å². The summed E-state index contributed by atoms with van der Waals surface area (Å²) in [6.07, 6.45) is 3.24. The van der Waals surface area contributed by atoms with Gasteiger partial charge < -0.3 is 15.0 Å². The molecular weight excluding hydrogens is 472 g/mol. The summed E-state index contributed by atoms with van der Waals surface area (Å²) in [5.41, 5.74) is 3.39. The fourth-order valence-corrected chi connectivity index (χ4v) is 4.92. The molecule has 0 aliphatic carbocycles. The van der Waals surface area contributed by atoms with Crippen LogP contribution in [0.1, 0.15) is 28.4 Å². The first-order chi connectivity index (χ1) is 17.6. The lowest BCUT2D eigenvalue weighted by Crippen LogP contribution is -2.15. The molecule has 0 saturated heterocycles. The lowest BCUT2D eigenvalue weighted by Gasteiger charge is -2.18. The summed E-state index contributed by atoms with van der Waals surface area (Å²) in [4.78, 5) is 34.6. The maximum atomic E-state index is 13.1. The Labute approximate surface area is 211 Å². The molecule has 0 aliphatic heterocycles. The highest BCUT2D eigenvalue weighted by atomic mass is 32.2. The third-order valence-corrected chi connectivity index (χ3v) is 6.72. The van der Waals surface area contributed by atoms with Crippen LogP contribution in [0.15, 0.2) is 113 Å². The molecule has 2 heterocycles. The van der Waals surface area contributed by atoms with E-state index in [0.717, 1.165) is 16.0 Å². The van der Waals surface area contributed by atoms with Gasteiger partial charge in [-0.1, -0.05) is 60.3 Å². The van der Waals surface area contributed by atoms with Crippen molar-refractivity contribution in [2.45, 2.75) is 22.4 Å². The summed E-state index contributed by atoms with van der Waals surface area (Å²) >= 11 is 1.43. The number of fused-ring (bicyclic) bond motifs is 1. The van der Waals surface area contributed by atoms with Gasteiger partial charge in [0.2, 0.25) is 0 Å². The molecule has 2 N–H and O–H groups in total. The second-order valence-electron chi connectivity index (χ2n) is 8.11. The van der Waals surface area contributed by atoms with Crippen molar-refractivity contribution in [2.75, 3.05) is 5.32 Å². The van der Waals surface area contributed by atoms with E-state index in [-0.39, 0.29) is 12.3 Å². The number of aromatic nitrogens is 3. The first kappa shape index (κ1) is 23.3. The van der Waals surface area contributed by atoms with Crippen molar-refractivity contribution in [3.8, 4) is 0 Å². The van der Waals surface area contributed by atoms with E-state index in [1.54, 1.807) is 36.8 Å². The first-order valence-electron chi connectivity index (χ1n) is 11.3. The Bertz CT molecular complexity index is 1520. The number of hydrogen-bond acceptors (Lipinski definition) is 5. The fraction of sp³-hybridized carbons (Fsp3) is 0.0714. The van der Waals surface area contributed by atoms with Crippen molar-refractivity contribution in [1.82, 2.24) is 14.5 Å². The monoisotopic (exact) mass is 494 g/mol. The summed E-state index contributed by atoms with van der Waals surface area (Å²) in [5.74, 6) is -1.16. The summed E-state index contributed by atoms with van der Waals surface area (Å²) in [5, 5.41) is 13.1. The van der Waals surface area contributed by atoms with Gasteiger partial charge in [-0.15, -0.1) is 0 Å². The standard InChI is InChI=1S/C28H22N4O3S/c33-26(34)17-25(19-8-3-1-4-9-19)32-18-30-23-16-20(13-14-24(23)32)31-27(35)22-12-7-15-29-28(22)36-21-10-5-2-6-11-21/h1-16,18,25H,17H2,(H,31,35)(H,33,34). The van der Waals surface area contributed by atoms with Crippen molar-refractivity contribution >= 4 is 40.4 Å². The number of carboxylic acid groups (broad SMARTS) is 1. The largest absolute Gasteiger partial charge is 0.481 e. The van der Waals surface area contributed by atoms with Crippen molar-refractivity contribution in [1.29, 1.82) is 0 Å². The van der Waals surface area contributed by atoms with Crippen LogP contribution in [0.2, 0.25) is 0 Å². The molecule has 36 heavy (non-hydrogen) atoms. The molecule has 5 aromatic rings. The van der Waals surface area contributed by atoms with Gasteiger partial charge in [0.05, 0.1) is 35.4 Å². The topological polar surface area (TPSA) is 97.1 Å². The minimum atomic E-state index is -0.893. The number of rotatable bonds is 8. The summed E-state index contributed by atoms with van der Waals surface area (Å²) in [7, 11) is 0. The number of imidazole rings is 1. The summed E-state index contributed by atoms with van der Waals surface area (Å²) in [6, 6.07) is 27.8. The number of carbonyl (C=O) groups excluding carboxylic acids is 1. The number of pyridine rings is 1. The number of hydrogen-bond donors (Lipinski definition) is 2. The third kappa shape index (κ3) is 5.13. The molecule has 0 aliphatic rings. The average Bonchev–Trinajstić information content (AvgIpc) is 3.31. The highest BCUT2D eigenvalue weighted by Gasteiger charge is 2.20. The predicted molar refractivity (Wildman–Crippen MR) is 139 cm³/mol. The number of amides is 1. The molecule has 0 fully saturated rings. The van der Waals surface area contributed by atoms with Gasteiger partial charge in [0, 0.05) is 16.8 Å². The summed E-state index contributed by atoms with van der Waals surface area (Å²) < 4.78 is 1.86. The molecule has 2 aromatic heterocycles. The van der Waals surface area contributed by atoms with Gasteiger partial charge in [0.1, 0.15) is 5.03 Å². The van der Waals surface area contributed by atoms with Gasteiger partial charge in [-0.05, 0) is 48.0 Å². The lowest BCUT2D eigenvalue weighted by molar-refractivity contribution is -0.137. The van der Waals surface area contributed by atoms with Gasteiger partial charge in [-0.25, -0.2) is 9.97 Å². The van der Waals surface area contributed by atoms with Gasteiger partial charge in [0.25, 0.3) is 5.91 Å². The van der Waals surface area contributed by atoms with E-state index in [1.807, 2.05) is 71.3 Å². The zero-order valence-electron chi connectivity index (χ0n) is 19.1. The molecule has 0 spiro atoms. The molecule has 0 bridgehead atoms. The minimum Gasteiger partial charge on any atom is -0.481 e. The molecule has 1 amide bonds. The second kappa shape index (κ2) is 10.5. The molecule has 1 atom stereocenters. The van der Waals surface area contributed by atoms with Gasteiger partial charge >= 0.3 is 5.97 Å². The molecule has 0 saturated carbocycles. The molecular formula is C28H22N4O3S. The number of aliphatic carboxylic acids is 1. The van der Waals surface area contributed by atoms with E-state index in [4.69, 9.17) is 0 Å². The van der Waals surface area contributed by atoms with E-state index < -0.39 is 12.0 Å². The number of anilines is 1. The molecule has 3 aromatic carbocycles. The minimum absolute atomic E-state index is 0.0726. The Kier molecular flexibility index (Phi) is 6.77. The quantitative estimate of drug-likeness (QED) is 0.279. The number of nitrogens with zero attached hydrogens (tertiary/aromatic N) is 3. The molecule has 7 nitrogen and oxygen atoms in total. The molecule has 178 valence electrons. The highest BCUT2D eigenvalue weighted by Crippen LogP contribution is 2.30. The van der Waals surface area contributed by atoms with Crippen molar-refractivity contribution in [2.24, 2.45) is 0 Å². The maximum absolute atomic E-state index is 13.1. The van der Waals surface area contributed by atoms with Crippen LogP contribution in [-0.2, 0) is 4.79 Å². The third-order valence-electron chi connectivity index (χ3n) is 5.69. The van der Waals surface area contributed by atoms with Crippen LogP contribution in [0.3, 0.4) is 0 Å². The van der Waals surface area contributed by atoms with Crippen molar-refractivity contribution in [3.63, 3.8) is 0 Å². The first-order valence-corrected chi connectivity index (χ1v) is 12.1. The van der Waals surface area contributed by atoms with Gasteiger partial charge in [-0.2, -0.15) is 0 Å². The Morgan fingerprint density at radius 1 is 0.917 bits per heavy atom. The predicted octanol–water partition coefficient (Wildman–Crippen LogP) is 5.90. The van der Waals surface area contributed by atoms with E-state index in [0.29, 0.717) is 21.8 Å². The number of carboxylic acids is 1. The zero-order valence-corrected chi connectivity index (χ0v) is 19.9. The smallest absolute Gasteiger partial charge is 0.305 e. The molecule has 0 radical (unpaired) electrons. The van der Waals surface area contributed by atoms with Gasteiger partial charge in [-0.3, -0.25) is 9.59 Å². The zero-order chi connectivity index (χ0) is 24.9. The van der Waals surface area contributed by atoms with Crippen LogP contribution in [-0.4, -0.2) is 31.5 Å². The second-order valence-corrected chi connectivity index (χ2v) is 9.17. The Balaban J connectivity index is 1.40. The van der Waals surface area contributed by atoms with Crippen LogP contribution in [0.4, 0.5) is 5.69 Å². The van der Waals surface area contributed by atoms with Gasteiger partial charge in [0.15, 0.2) is 0 Å². The Morgan fingerprint density at radius 3 is 2.42 bits per heavy atom. The maximum Gasteiger partial charge on any atom is 0.305 e. The molecule has 1 unspecified atom stereocenters. The van der Waals surface area contributed by atoms with Crippen molar-refractivity contribution < 1.29 is 14.7 Å². The Morgan fingerprint density at radius 2 is 1.67 bits per heavy atom. The van der Waals surface area contributed by atoms with E-state index in [9.17, 15) is 14.7 Å². The lowest BCUT2D eigenvalue weighted by atomic mass is 10.0. The highest BCUT2D eigenvalue weighted by molar-refractivity contribution is 7.99. The number of nitrogens with one attached hydrogen (secondary N) is 1. The average molecular weight is 495 g/mol. The Hall–Kier alpha value is -4.43. The number of benzene rings is 3. The van der Waals surface area contributed by atoms with Crippen LogP contribution in [0, 0.1) is 0 Å². The SMILES string of the molecule is O=C(O)CC(c1ccccc1)n1cnc2cc(NC(=O)c3cccnc3Sc3ccccc3)ccc21. The van der Waals surface area contributed by atoms with E-state index in [2.05, 4.69) is 15.3 Å². The van der Waals surface area contributed by atoms with E-state index >= 15 is 0 Å². The fourth-order valence-electron chi connectivity index (χ4n) is 4.02. The summed E-state index contributed by atoms with van der Waals surface area (Å²) in [6.45, 7) is 0. The van der Waals surface area contributed by atoms with Crippen molar-refractivity contribution in [3.05, 3.63) is 115 Å².